The van der Waals surface area contributed by atoms with Crippen LogP contribution < -0.4 is 0 Å². The molecule has 4 nitrogen and oxygen atoms in total. The summed E-state index contributed by atoms with van der Waals surface area (Å²) in [6.07, 6.45) is 2.40. The summed E-state index contributed by atoms with van der Waals surface area (Å²) in [4.78, 5) is 13.8. The Kier molecular flexibility index (Phi) is 4.30. The summed E-state index contributed by atoms with van der Waals surface area (Å²) >= 11 is 0. The maximum Gasteiger partial charge on any atom is 0.410 e. The van der Waals surface area contributed by atoms with E-state index < -0.39 is 5.60 Å². The Morgan fingerprint density at radius 2 is 2.00 bits per heavy atom. The van der Waals surface area contributed by atoms with E-state index in [4.69, 9.17) is 9.47 Å². The van der Waals surface area contributed by atoms with Crippen LogP contribution in [0.15, 0.2) is 11.8 Å². The number of ether oxygens (including phenoxy) is 2. The van der Waals surface area contributed by atoms with Crippen molar-refractivity contribution in [2.24, 2.45) is 5.41 Å². The van der Waals surface area contributed by atoms with Gasteiger partial charge in [-0.3, -0.25) is 0 Å². The molecule has 4 heteroatoms. The third kappa shape index (κ3) is 3.93. The first-order valence-electron chi connectivity index (χ1n) is 6.36. The summed E-state index contributed by atoms with van der Waals surface area (Å²) in [5.41, 5.74) is 0.736. The molecular formula is C14H25NO3. The molecule has 0 N–H and O–H groups in total. The molecule has 1 amide bonds. The van der Waals surface area contributed by atoms with Crippen LogP contribution in [0.25, 0.3) is 0 Å². The van der Waals surface area contributed by atoms with Crippen molar-refractivity contribution in [3.63, 3.8) is 0 Å². The highest BCUT2D eigenvalue weighted by molar-refractivity contribution is 5.68. The standard InChI is InChI=1S/C14H25NO3/c1-13(2,3)18-12(16)15-8-7-11(9-17-6)14(4,5)10-15/h9H,7-8,10H2,1-6H3. The number of hydrogen-bond acceptors (Lipinski definition) is 3. The van der Waals surface area contributed by atoms with Crippen LogP contribution in [0.4, 0.5) is 4.79 Å². The summed E-state index contributed by atoms with van der Waals surface area (Å²) in [7, 11) is 1.66. The van der Waals surface area contributed by atoms with Crippen molar-refractivity contribution in [2.45, 2.75) is 46.6 Å². The molecule has 0 unspecified atom stereocenters. The number of methoxy groups -OCH3 is 1. The summed E-state index contributed by atoms with van der Waals surface area (Å²) in [6.45, 7) is 11.2. The summed E-state index contributed by atoms with van der Waals surface area (Å²) in [6, 6.07) is 0. The maximum absolute atomic E-state index is 12.0. The molecule has 0 aromatic rings. The van der Waals surface area contributed by atoms with Gasteiger partial charge in [0.2, 0.25) is 0 Å². The van der Waals surface area contributed by atoms with Crippen LogP contribution in [-0.4, -0.2) is 36.8 Å². The molecule has 1 aliphatic heterocycles. The number of amides is 1. The van der Waals surface area contributed by atoms with E-state index in [1.807, 2.05) is 20.8 Å². The average molecular weight is 255 g/mol. The molecule has 0 radical (unpaired) electrons. The predicted octanol–water partition coefficient (Wildman–Crippen LogP) is 3.18. The lowest BCUT2D eigenvalue weighted by atomic mass is 9.80. The van der Waals surface area contributed by atoms with Gasteiger partial charge < -0.3 is 14.4 Å². The number of piperidine rings is 1. The number of carbonyl (C=O) groups excluding carboxylic acids is 1. The Bertz CT molecular complexity index is 339. The SMILES string of the molecule is COC=C1CCN(C(=O)OC(C)(C)C)CC1(C)C. The van der Waals surface area contributed by atoms with Crippen molar-refractivity contribution in [1.29, 1.82) is 0 Å². The molecular weight excluding hydrogens is 230 g/mol. The van der Waals surface area contributed by atoms with Crippen LogP contribution in [0.2, 0.25) is 0 Å². The fourth-order valence-corrected chi connectivity index (χ4v) is 2.09. The molecule has 0 aromatic carbocycles. The Balaban J connectivity index is 2.69. The van der Waals surface area contributed by atoms with E-state index in [0.717, 1.165) is 6.42 Å². The molecule has 0 aromatic heterocycles. The fourth-order valence-electron chi connectivity index (χ4n) is 2.09. The lowest BCUT2D eigenvalue weighted by Crippen LogP contribution is -2.46. The summed E-state index contributed by atoms with van der Waals surface area (Å²) in [5.74, 6) is 0. The van der Waals surface area contributed by atoms with Gasteiger partial charge in [0.15, 0.2) is 0 Å². The predicted molar refractivity (Wildman–Crippen MR) is 71.3 cm³/mol. The number of carbonyl (C=O) groups is 1. The average Bonchev–Trinajstić information content (AvgIpc) is 2.18. The first-order valence-corrected chi connectivity index (χ1v) is 6.36. The molecule has 104 valence electrons. The van der Waals surface area contributed by atoms with E-state index in [-0.39, 0.29) is 11.5 Å². The van der Waals surface area contributed by atoms with Crippen LogP contribution in [0, 0.1) is 5.41 Å². The van der Waals surface area contributed by atoms with Crippen molar-refractivity contribution in [1.82, 2.24) is 4.90 Å². The fraction of sp³-hybridized carbons (Fsp3) is 0.786. The smallest absolute Gasteiger partial charge is 0.410 e. The van der Waals surface area contributed by atoms with E-state index >= 15 is 0 Å². The van der Waals surface area contributed by atoms with Crippen LogP contribution in [-0.2, 0) is 9.47 Å². The van der Waals surface area contributed by atoms with Gasteiger partial charge in [0, 0.05) is 18.5 Å². The highest BCUT2D eigenvalue weighted by Crippen LogP contribution is 2.34. The largest absolute Gasteiger partial charge is 0.504 e. The zero-order valence-electron chi connectivity index (χ0n) is 12.4. The van der Waals surface area contributed by atoms with E-state index in [9.17, 15) is 4.79 Å². The van der Waals surface area contributed by atoms with E-state index in [2.05, 4.69) is 13.8 Å². The van der Waals surface area contributed by atoms with E-state index in [1.54, 1.807) is 18.3 Å². The number of likely N-dealkylation sites (tertiary alicyclic amines) is 1. The van der Waals surface area contributed by atoms with Gasteiger partial charge >= 0.3 is 6.09 Å². The molecule has 0 saturated carbocycles. The van der Waals surface area contributed by atoms with Gasteiger partial charge in [0.05, 0.1) is 13.4 Å². The molecule has 1 rings (SSSR count). The quantitative estimate of drug-likeness (QED) is 0.675. The molecule has 1 saturated heterocycles. The Morgan fingerprint density at radius 1 is 1.39 bits per heavy atom. The van der Waals surface area contributed by atoms with Gasteiger partial charge in [-0.2, -0.15) is 0 Å². The first kappa shape index (κ1) is 14.9. The molecule has 0 spiro atoms. The number of nitrogens with zero attached hydrogens (tertiary/aromatic N) is 1. The number of rotatable bonds is 1. The molecule has 0 aliphatic carbocycles. The third-order valence-electron chi connectivity index (χ3n) is 3.02. The minimum Gasteiger partial charge on any atom is -0.504 e. The zero-order valence-corrected chi connectivity index (χ0v) is 12.4. The minimum atomic E-state index is -0.441. The minimum absolute atomic E-state index is 0.0643. The van der Waals surface area contributed by atoms with Gasteiger partial charge in [-0.25, -0.2) is 4.79 Å². The first-order chi connectivity index (χ1) is 8.15. The molecule has 1 heterocycles. The normalized spacial score (nSPS) is 21.9. The second-order valence-electron chi connectivity index (χ2n) is 6.41. The third-order valence-corrected chi connectivity index (χ3v) is 3.02. The van der Waals surface area contributed by atoms with Crippen molar-refractivity contribution in [3.05, 3.63) is 11.8 Å². The Hall–Kier alpha value is -1.19. The lowest BCUT2D eigenvalue weighted by Gasteiger charge is -2.40. The molecule has 0 atom stereocenters. The Morgan fingerprint density at radius 3 is 2.44 bits per heavy atom. The summed E-state index contributed by atoms with van der Waals surface area (Å²) in [5, 5.41) is 0. The van der Waals surface area contributed by atoms with Gasteiger partial charge in [-0.05, 0) is 32.8 Å². The monoisotopic (exact) mass is 255 g/mol. The van der Waals surface area contributed by atoms with Crippen LogP contribution in [0.3, 0.4) is 0 Å². The summed E-state index contributed by atoms with van der Waals surface area (Å²) < 4.78 is 10.5. The zero-order chi connectivity index (χ0) is 14.0. The van der Waals surface area contributed by atoms with Crippen molar-refractivity contribution in [2.75, 3.05) is 20.2 Å². The highest BCUT2D eigenvalue weighted by atomic mass is 16.6. The van der Waals surface area contributed by atoms with Crippen molar-refractivity contribution in [3.8, 4) is 0 Å². The van der Waals surface area contributed by atoms with Gasteiger partial charge in [-0.1, -0.05) is 13.8 Å². The van der Waals surface area contributed by atoms with Crippen LogP contribution >= 0.6 is 0 Å². The van der Waals surface area contributed by atoms with Crippen molar-refractivity contribution < 1.29 is 14.3 Å². The lowest BCUT2D eigenvalue weighted by molar-refractivity contribution is 0.0153. The number of hydrogen-bond donors (Lipinski definition) is 0. The molecule has 1 aliphatic rings. The second-order valence-corrected chi connectivity index (χ2v) is 6.41. The van der Waals surface area contributed by atoms with E-state index in [1.165, 1.54) is 5.57 Å². The molecule has 18 heavy (non-hydrogen) atoms. The van der Waals surface area contributed by atoms with Gasteiger partial charge in [0.1, 0.15) is 5.60 Å². The van der Waals surface area contributed by atoms with Crippen LogP contribution in [0.1, 0.15) is 41.0 Å². The molecule has 0 bridgehead atoms. The van der Waals surface area contributed by atoms with Gasteiger partial charge in [-0.15, -0.1) is 0 Å². The second kappa shape index (κ2) is 5.21. The van der Waals surface area contributed by atoms with E-state index in [0.29, 0.717) is 13.1 Å². The highest BCUT2D eigenvalue weighted by Gasteiger charge is 2.35. The van der Waals surface area contributed by atoms with Crippen molar-refractivity contribution >= 4 is 6.09 Å². The maximum atomic E-state index is 12.0. The van der Waals surface area contributed by atoms with Gasteiger partial charge in [0.25, 0.3) is 0 Å². The Labute approximate surface area is 110 Å². The molecule has 1 fully saturated rings. The van der Waals surface area contributed by atoms with Crippen LogP contribution in [0.5, 0.6) is 0 Å². The topological polar surface area (TPSA) is 38.8 Å².